The first-order valence-corrected chi connectivity index (χ1v) is 6.42. The van der Waals surface area contributed by atoms with E-state index in [1.165, 1.54) is 10.8 Å². The molecule has 3 atom stereocenters. The van der Waals surface area contributed by atoms with E-state index in [1.54, 1.807) is 0 Å². The molecule has 0 radical (unpaired) electrons. The molecule has 2 fully saturated rings. The van der Waals surface area contributed by atoms with Crippen LogP contribution in [0.25, 0.3) is 0 Å². The van der Waals surface area contributed by atoms with Gasteiger partial charge in [0.25, 0.3) is 0 Å². The Labute approximate surface area is 110 Å². The predicted octanol–water partition coefficient (Wildman–Crippen LogP) is -0.742. The molecule has 7 nitrogen and oxygen atoms in total. The summed E-state index contributed by atoms with van der Waals surface area (Å²) >= 11 is 1.93. The fourth-order valence-electron chi connectivity index (χ4n) is 2.22. The summed E-state index contributed by atoms with van der Waals surface area (Å²) in [6, 6.07) is -0.493. The SMILES string of the molecule is O=C1C(I)C=[N+]2C(=O)N1C1CCOC2(CO)O1. The third-order valence-corrected chi connectivity index (χ3v) is 3.89. The van der Waals surface area contributed by atoms with Crippen LogP contribution < -0.4 is 0 Å². The fourth-order valence-corrected chi connectivity index (χ4v) is 2.84. The number of fused-ring (bicyclic) bond motifs is 6. The molecule has 17 heavy (non-hydrogen) atoms. The van der Waals surface area contributed by atoms with Crippen LogP contribution in [0.3, 0.4) is 0 Å². The molecule has 3 rings (SSSR count). The van der Waals surface area contributed by atoms with E-state index in [-0.39, 0.29) is 5.91 Å². The maximum atomic E-state index is 12.1. The number of rotatable bonds is 1. The normalized spacial score (nSPS) is 40.4. The smallest absolute Gasteiger partial charge is 0.386 e. The van der Waals surface area contributed by atoms with Crippen LogP contribution in [0.4, 0.5) is 4.79 Å². The predicted molar refractivity (Wildman–Crippen MR) is 61.6 cm³/mol. The van der Waals surface area contributed by atoms with Crippen LogP contribution in [0, 0.1) is 0 Å². The summed E-state index contributed by atoms with van der Waals surface area (Å²) in [5, 5.41) is 9.41. The Morgan fingerprint density at radius 3 is 3.12 bits per heavy atom. The van der Waals surface area contributed by atoms with E-state index >= 15 is 0 Å². The standard InChI is InChI=1S/C9H10IN2O5/c10-5-3-11-8(15)12(7(5)14)6-1-2-16-9(11,4-13)17-6/h3,5-6,13H,1-2,4H2/q+1. The number of carbonyl (C=O) groups is 2. The van der Waals surface area contributed by atoms with Crippen LogP contribution in [-0.4, -0.2) is 62.0 Å². The van der Waals surface area contributed by atoms with Crippen molar-refractivity contribution in [3.63, 3.8) is 0 Å². The number of halogens is 1. The van der Waals surface area contributed by atoms with Gasteiger partial charge in [-0.1, -0.05) is 22.6 Å². The highest BCUT2D eigenvalue weighted by atomic mass is 127. The van der Waals surface area contributed by atoms with Crippen molar-refractivity contribution in [1.29, 1.82) is 0 Å². The molecule has 0 spiro atoms. The van der Waals surface area contributed by atoms with Crippen molar-refractivity contribution in [3.8, 4) is 0 Å². The summed E-state index contributed by atoms with van der Waals surface area (Å²) in [4.78, 5) is 25.1. The average Bonchev–Trinajstić information content (AvgIpc) is 2.33. The Kier molecular flexibility index (Phi) is 2.51. The molecule has 0 saturated carbocycles. The van der Waals surface area contributed by atoms with Gasteiger partial charge in [-0.15, -0.1) is 9.48 Å². The molecule has 3 aliphatic heterocycles. The largest absolute Gasteiger partial charge is 0.507 e. The zero-order valence-corrected chi connectivity index (χ0v) is 10.9. The minimum atomic E-state index is -1.46. The van der Waals surface area contributed by atoms with E-state index in [4.69, 9.17) is 9.47 Å². The molecule has 3 aliphatic rings. The molecule has 0 aromatic rings. The second kappa shape index (κ2) is 3.70. The molecule has 2 saturated heterocycles. The van der Waals surface area contributed by atoms with Gasteiger partial charge in [0.05, 0.1) is 6.61 Å². The Hall–Kier alpha value is -0.580. The second-order valence-corrected chi connectivity index (χ2v) is 5.33. The monoisotopic (exact) mass is 353 g/mol. The molecule has 3 heterocycles. The Bertz CT molecular complexity index is 439. The summed E-state index contributed by atoms with van der Waals surface area (Å²) in [5.41, 5.74) is 0. The van der Waals surface area contributed by atoms with Crippen molar-refractivity contribution in [2.24, 2.45) is 0 Å². The number of alkyl halides is 1. The zero-order valence-electron chi connectivity index (χ0n) is 8.71. The van der Waals surface area contributed by atoms with Crippen LogP contribution in [0.2, 0.25) is 0 Å². The van der Waals surface area contributed by atoms with Crippen molar-refractivity contribution in [2.75, 3.05) is 13.2 Å². The summed E-state index contributed by atoms with van der Waals surface area (Å²) in [7, 11) is 0. The Morgan fingerprint density at radius 2 is 2.41 bits per heavy atom. The van der Waals surface area contributed by atoms with Crippen LogP contribution >= 0.6 is 22.6 Å². The molecule has 4 bridgehead atoms. The number of aliphatic hydroxyl groups excluding tert-OH is 1. The average molecular weight is 353 g/mol. The third kappa shape index (κ3) is 1.41. The first-order chi connectivity index (χ1) is 8.09. The number of ether oxygens (including phenoxy) is 2. The lowest BCUT2D eigenvalue weighted by molar-refractivity contribution is -0.694. The number of amides is 3. The molecular formula is C9H10IN2O5+. The number of imide groups is 1. The molecule has 92 valence electrons. The lowest BCUT2D eigenvalue weighted by Crippen LogP contribution is -2.73. The lowest BCUT2D eigenvalue weighted by atomic mass is 10.2. The molecule has 3 unspecified atom stereocenters. The van der Waals surface area contributed by atoms with Gasteiger partial charge in [-0.2, -0.15) is 4.79 Å². The minimum Gasteiger partial charge on any atom is -0.386 e. The van der Waals surface area contributed by atoms with Gasteiger partial charge in [0.1, 0.15) is 12.8 Å². The van der Waals surface area contributed by atoms with Gasteiger partial charge < -0.3 is 9.84 Å². The van der Waals surface area contributed by atoms with Crippen molar-refractivity contribution in [3.05, 3.63) is 0 Å². The van der Waals surface area contributed by atoms with Crippen molar-refractivity contribution in [1.82, 2.24) is 4.90 Å². The highest BCUT2D eigenvalue weighted by Gasteiger charge is 2.63. The molecule has 3 amide bonds. The number of aliphatic hydroxyl groups is 1. The first kappa shape index (κ1) is 11.5. The van der Waals surface area contributed by atoms with Gasteiger partial charge in [-0.25, -0.2) is 4.79 Å². The molecule has 8 heteroatoms. The van der Waals surface area contributed by atoms with E-state index in [1.807, 2.05) is 22.6 Å². The highest BCUT2D eigenvalue weighted by Crippen LogP contribution is 2.34. The molecule has 0 aliphatic carbocycles. The van der Waals surface area contributed by atoms with Crippen molar-refractivity contribution in [2.45, 2.75) is 22.5 Å². The van der Waals surface area contributed by atoms with Crippen LogP contribution in [0.5, 0.6) is 0 Å². The number of nitrogens with zero attached hydrogens (tertiary/aromatic N) is 2. The maximum Gasteiger partial charge on any atom is 0.507 e. The molecule has 0 aromatic heterocycles. The van der Waals surface area contributed by atoms with Crippen molar-refractivity contribution < 1.29 is 28.7 Å². The van der Waals surface area contributed by atoms with Gasteiger partial charge in [0, 0.05) is 6.42 Å². The lowest BCUT2D eigenvalue weighted by Gasteiger charge is -2.45. The van der Waals surface area contributed by atoms with Gasteiger partial charge in [0.2, 0.25) is 6.23 Å². The van der Waals surface area contributed by atoms with Crippen LogP contribution in [0.1, 0.15) is 6.42 Å². The van der Waals surface area contributed by atoms with Gasteiger partial charge in [0.15, 0.2) is 3.92 Å². The number of carbonyl (C=O) groups excluding carboxylic acids is 2. The van der Waals surface area contributed by atoms with E-state index in [0.29, 0.717) is 13.0 Å². The van der Waals surface area contributed by atoms with E-state index in [9.17, 15) is 14.7 Å². The number of urea groups is 1. The summed E-state index contributed by atoms with van der Waals surface area (Å²) in [5.74, 6) is -1.74. The highest BCUT2D eigenvalue weighted by molar-refractivity contribution is 14.1. The van der Waals surface area contributed by atoms with Crippen LogP contribution in [-0.2, 0) is 14.3 Å². The summed E-state index contributed by atoms with van der Waals surface area (Å²) in [6.07, 6.45) is 1.22. The third-order valence-electron chi connectivity index (χ3n) is 3.03. The number of hydrogen-bond acceptors (Lipinski definition) is 5. The van der Waals surface area contributed by atoms with Gasteiger partial charge in [-0.05, 0) is 0 Å². The van der Waals surface area contributed by atoms with Crippen LogP contribution in [0.15, 0.2) is 0 Å². The van der Waals surface area contributed by atoms with E-state index in [0.717, 1.165) is 4.90 Å². The van der Waals surface area contributed by atoms with E-state index < -0.39 is 28.7 Å². The Balaban J connectivity index is 2.15. The molecule has 0 aromatic carbocycles. The maximum absolute atomic E-state index is 12.1. The summed E-state index contributed by atoms with van der Waals surface area (Å²) in [6.45, 7) is -0.129. The van der Waals surface area contributed by atoms with Crippen molar-refractivity contribution >= 4 is 40.7 Å². The summed E-state index contributed by atoms with van der Waals surface area (Å²) < 4.78 is 11.6. The number of hydrogen-bond donors (Lipinski definition) is 1. The van der Waals surface area contributed by atoms with E-state index in [2.05, 4.69) is 0 Å². The molecular weight excluding hydrogens is 343 g/mol. The van der Waals surface area contributed by atoms with Gasteiger partial charge >= 0.3 is 17.8 Å². The fraction of sp³-hybridized carbons (Fsp3) is 0.667. The topological polar surface area (TPSA) is 79.1 Å². The van der Waals surface area contributed by atoms with Gasteiger partial charge in [-0.3, -0.25) is 4.74 Å². The zero-order chi connectivity index (χ0) is 12.2. The Morgan fingerprint density at radius 1 is 1.65 bits per heavy atom. The second-order valence-electron chi connectivity index (χ2n) is 3.99. The molecule has 1 N–H and O–H groups in total. The quantitative estimate of drug-likeness (QED) is 0.382. The minimum absolute atomic E-state index is 0.287. The first-order valence-electron chi connectivity index (χ1n) is 5.17.